The Hall–Kier alpha value is -2.10. The number of aromatic amines is 1. The van der Waals surface area contributed by atoms with E-state index in [0.717, 1.165) is 0 Å². The van der Waals surface area contributed by atoms with Crippen LogP contribution in [0.3, 0.4) is 0 Å². The lowest BCUT2D eigenvalue weighted by molar-refractivity contribution is -0.0126. The van der Waals surface area contributed by atoms with E-state index in [1.165, 1.54) is 10.8 Å². The third-order valence-electron chi connectivity index (χ3n) is 2.73. The van der Waals surface area contributed by atoms with Crippen molar-refractivity contribution in [3.05, 3.63) is 44.2 Å². The number of aryl methyl sites for hydroxylation is 1. The largest absolute Gasteiger partial charge is 0.393 e. The van der Waals surface area contributed by atoms with Crippen LogP contribution in [0.5, 0.6) is 0 Å². The van der Waals surface area contributed by atoms with Gasteiger partial charge in [-0.25, -0.2) is 4.79 Å². The van der Waals surface area contributed by atoms with Crippen LogP contribution in [0.4, 0.5) is 0 Å². The Morgan fingerprint density at radius 1 is 1.61 bits per heavy atom. The maximum atomic E-state index is 11.7. The predicted molar refractivity (Wildman–Crippen MR) is 64.0 cm³/mol. The van der Waals surface area contributed by atoms with Gasteiger partial charge in [0.2, 0.25) is 0 Å². The molecule has 0 fully saturated rings. The van der Waals surface area contributed by atoms with E-state index in [1.807, 2.05) is 0 Å². The minimum atomic E-state index is -0.712. The highest BCUT2D eigenvalue weighted by Gasteiger charge is 2.27. The number of aromatic nitrogens is 2. The van der Waals surface area contributed by atoms with Gasteiger partial charge < -0.3 is 9.84 Å². The number of hydrogen-bond acceptors (Lipinski definition) is 4. The first-order valence-corrected chi connectivity index (χ1v) is 5.33. The normalized spacial score (nSPS) is 22.6. The predicted octanol–water partition coefficient (Wildman–Crippen LogP) is -0.706. The Morgan fingerprint density at radius 3 is 2.89 bits per heavy atom. The molecular weight excluding hydrogens is 236 g/mol. The number of hydrogen-bond donors (Lipinski definition) is 2. The summed E-state index contributed by atoms with van der Waals surface area (Å²) in [4.78, 5) is 25.1. The van der Waals surface area contributed by atoms with Crippen molar-refractivity contribution < 1.29 is 9.84 Å². The number of aliphatic hydroxyl groups excluding tert-OH is 1. The molecular formula is C12H12N2O4. The summed E-state index contributed by atoms with van der Waals surface area (Å²) in [7, 11) is 0. The Morgan fingerprint density at radius 2 is 2.33 bits per heavy atom. The molecule has 0 radical (unpaired) electrons. The molecule has 0 amide bonds. The second-order valence-electron chi connectivity index (χ2n) is 3.94. The lowest BCUT2D eigenvalue weighted by Gasteiger charge is -2.15. The van der Waals surface area contributed by atoms with Crippen molar-refractivity contribution in [2.45, 2.75) is 19.3 Å². The maximum Gasteiger partial charge on any atom is 0.330 e. The van der Waals surface area contributed by atoms with Gasteiger partial charge in [-0.1, -0.05) is 5.92 Å². The molecule has 1 aromatic rings. The zero-order chi connectivity index (χ0) is 13.3. The summed E-state index contributed by atoms with van der Waals surface area (Å²) in [5.74, 6) is 2.40. The maximum absolute atomic E-state index is 11.7. The van der Waals surface area contributed by atoms with Gasteiger partial charge in [0.25, 0.3) is 5.56 Å². The van der Waals surface area contributed by atoms with Gasteiger partial charge in [0.15, 0.2) is 6.23 Å². The number of rotatable bonds is 2. The van der Waals surface area contributed by atoms with E-state index in [9.17, 15) is 9.59 Å². The lowest BCUT2D eigenvalue weighted by atomic mass is 10.2. The van der Waals surface area contributed by atoms with Crippen LogP contribution in [-0.2, 0) is 4.74 Å². The molecule has 0 aromatic carbocycles. The summed E-state index contributed by atoms with van der Waals surface area (Å²) in [5.41, 5.74) is -0.143. The number of H-pyrrole nitrogens is 1. The van der Waals surface area contributed by atoms with Crippen LogP contribution in [-0.4, -0.2) is 27.4 Å². The van der Waals surface area contributed by atoms with E-state index >= 15 is 0 Å². The van der Waals surface area contributed by atoms with Crippen molar-refractivity contribution >= 4 is 0 Å². The molecule has 1 aliphatic rings. The number of aliphatic hydroxyl groups is 1. The molecule has 0 saturated heterocycles. The topological polar surface area (TPSA) is 84.3 Å². The molecule has 0 saturated carbocycles. The van der Waals surface area contributed by atoms with Crippen molar-refractivity contribution in [3.63, 3.8) is 0 Å². The molecule has 1 aliphatic heterocycles. The van der Waals surface area contributed by atoms with Crippen molar-refractivity contribution in [1.29, 1.82) is 0 Å². The Labute approximate surface area is 103 Å². The van der Waals surface area contributed by atoms with Crippen LogP contribution >= 0.6 is 0 Å². The molecule has 6 nitrogen and oxygen atoms in total. The molecule has 2 heterocycles. The van der Waals surface area contributed by atoms with Gasteiger partial charge in [-0.2, -0.15) is 0 Å². The molecule has 18 heavy (non-hydrogen) atoms. The molecule has 2 N–H and O–H groups in total. The third kappa shape index (κ3) is 2.01. The molecule has 6 heteroatoms. The SMILES string of the molecule is C#CC1=C[C@H](n2cc(C)c(=O)[nH]c2=O)O[C@@H]1CO. The Balaban J connectivity index is 2.44. The summed E-state index contributed by atoms with van der Waals surface area (Å²) in [6, 6.07) is 0. The van der Waals surface area contributed by atoms with Gasteiger partial charge in [-0.05, 0) is 13.0 Å². The van der Waals surface area contributed by atoms with Crippen molar-refractivity contribution in [3.8, 4) is 12.3 Å². The number of terminal acetylenes is 1. The van der Waals surface area contributed by atoms with Crippen molar-refractivity contribution in [1.82, 2.24) is 9.55 Å². The molecule has 1 aromatic heterocycles. The van der Waals surface area contributed by atoms with E-state index in [2.05, 4.69) is 10.9 Å². The average molecular weight is 248 g/mol. The fraction of sp³-hybridized carbons (Fsp3) is 0.333. The minimum absolute atomic E-state index is 0.260. The minimum Gasteiger partial charge on any atom is -0.393 e. The first kappa shape index (κ1) is 12.4. The molecule has 0 bridgehead atoms. The highest BCUT2D eigenvalue weighted by Crippen LogP contribution is 2.25. The monoisotopic (exact) mass is 248 g/mol. The van der Waals surface area contributed by atoms with E-state index in [0.29, 0.717) is 11.1 Å². The van der Waals surface area contributed by atoms with Gasteiger partial charge in [-0.15, -0.1) is 6.42 Å². The molecule has 2 rings (SSSR count). The Bertz CT molecular complexity index is 647. The van der Waals surface area contributed by atoms with Crippen LogP contribution < -0.4 is 11.2 Å². The summed E-state index contributed by atoms with van der Waals surface area (Å²) in [6.45, 7) is 1.32. The van der Waals surface area contributed by atoms with Crippen LogP contribution in [0.2, 0.25) is 0 Å². The zero-order valence-electron chi connectivity index (χ0n) is 9.71. The number of ether oxygens (including phenoxy) is 1. The third-order valence-corrected chi connectivity index (χ3v) is 2.73. The average Bonchev–Trinajstić information content (AvgIpc) is 2.76. The van der Waals surface area contributed by atoms with Crippen molar-refractivity contribution in [2.75, 3.05) is 6.61 Å². The summed E-state index contributed by atoms with van der Waals surface area (Å²) >= 11 is 0. The second kappa shape index (κ2) is 4.64. The molecule has 0 spiro atoms. The van der Waals surface area contributed by atoms with Crippen LogP contribution in [0.1, 0.15) is 11.8 Å². The van der Waals surface area contributed by atoms with E-state index in [4.69, 9.17) is 16.3 Å². The van der Waals surface area contributed by atoms with Gasteiger partial charge >= 0.3 is 5.69 Å². The summed E-state index contributed by atoms with van der Waals surface area (Å²) in [6.07, 6.45) is 6.92. The smallest absolute Gasteiger partial charge is 0.330 e. The van der Waals surface area contributed by atoms with Crippen LogP contribution in [0.15, 0.2) is 27.4 Å². The van der Waals surface area contributed by atoms with Gasteiger partial charge in [0, 0.05) is 17.3 Å². The van der Waals surface area contributed by atoms with Crippen LogP contribution in [0.25, 0.3) is 0 Å². The second-order valence-corrected chi connectivity index (χ2v) is 3.94. The quantitative estimate of drug-likeness (QED) is 0.677. The highest BCUT2D eigenvalue weighted by atomic mass is 16.5. The first-order valence-electron chi connectivity index (χ1n) is 5.33. The fourth-order valence-corrected chi connectivity index (χ4v) is 1.75. The first-order chi connectivity index (χ1) is 8.56. The van der Waals surface area contributed by atoms with Gasteiger partial charge in [0.1, 0.15) is 6.10 Å². The van der Waals surface area contributed by atoms with Gasteiger partial charge in [-0.3, -0.25) is 14.3 Å². The molecule has 0 aliphatic carbocycles. The summed E-state index contributed by atoms with van der Waals surface area (Å²) < 4.78 is 6.66. The van der Waals surface area contributed by atoms with Gasteiger partial charge in [0.05, 0.1) is 6.61 Å². The van der Waals surface area contributed by atoms with E-state index in [-0.39, 0.29) is 6.61 Å². The van der Waals surface area contributed by atoms with Crippen LogP contribution in [0, 0.1) is 19.3 Å². The number of nitrogens with zero attached hydrogens (tertiary/aromatic N) is 1. The lowest BCUT2D eigenvalue weighted by Crippen LogP contribution is -2.33. The van der Waals surface area contributed by atoms with Crippen molar-refractivity contribution in [2.24, 2.45) is 0 Å². The zero-order valence-corrected chi connectivity index (χ0v) is 9.71. The van der Waals surface area contributed by atoms with E-state index < -0.39 is 23.6 Å². The fourth-order valence-electron chi connectivity index (χ4n) is 1.75. The molecule has 0 unspecified atom stereocenters. The Kier molecular flexibility index (Phi) is 3.19. The van der Waals surface area contributed by atoms with E-state index in [1.54, 1.807) is 13.0 Å². The summed E-state index contributed by atoms with van der Waals surface area (Å²) in [5, 5.41) is 9.09. The molecule has 2 atom stereocenters. The standard InChI is InChI=1S/C12H12N2O4/c1-3-8-4-10(18-9(8)6-15)14-5-7(2)11(16)13-12(14)17/h1,4-5,9-10,15H,6H2,2H3,(H,13,16,17)/t9-,10-/m1/s1. The highest BCUT2D eigenvalue weighted by molar-refractivity contribution is 5.33. The number of nitrogens with one attached hydrogen (secondary N) is 1. The molecule has 94 valence electrons.